The van der Waals surface area contributed by atoms with Gasteiger partial charge in [-0.3, -0.25) is 9.88 Å². The normalized spacial score (nSPS) is 14.2. The van der Waals surface area contributed by atoms with Crippen molar-refractivity contribution in [3.8, 4) is 10.4 Å². The third-order valence-corrected chi connectivity index (χ3v) is 8.39. The average Bonchev–Trinajstić information content (AvgIpc) is 3.43. The highest BCUT2D eigenvalue weighted by molar-refractivity contribution is 7.15. The van der Waals surface area contributed by atoms with Crippen LogP contribution in [0.25, 0.3) is 21.6 Å². The van der Waals surface area contributed by atoms with Crippen LogP contribution in [0, 0.1) is 13.8 Å². The quantitative estimate of drug-likeness (QED) is 0.189. The van der Waals surface area contributed by atoms with E-state index in [-0.39, 0.29) is 0 Å². The number of nitrogens with zero attached hydrogens (tertiary/aromatic N) is 2. The van der Waals surface area contributed by atoms with Crippen LogP contribution in [0.4, 0.5) is 11.4 Å². The zero-order valence-electron chi connectivity index (χ0n) is 25.5. The molecule has 0 radical (unpaired) electrons. The lowest BCUT2D eigenvalue weighted by molar-refractivity contribution is 0.248. The van der Waals surface area contributed by atoms with E-state index in [2.05, 4.69) is 92.1 Å². The maximum Gasteiger partial charge on any atom is 0.0606 e. The fraction of sp³-hybridized carbons (Fsp3) is 0.306. The number of thiophene rings is 1. The first-order valence-electron chi connectivity index (χ1n) is 14.6. The number of piperidine rings is 1. The molecule has 1 fully saturated rings. The van der Waals surface area contributed by atoms with Crippen LogP contribution in [0.2, 0.25) is 0 Å². The molecule has 1 aromatic carbocycles. The van der Waals surface area contributed by atoms with Crippen molar-refractivity contribution in [3.05, 3.63) is 114 Å². The van der Waals surface area contributed by atoms with Gasteiger partial charge >= 0.3 is 0 Å². The van der Waals surface area contributed by atoms with Crippen LogP contribution < -0.4 is 11.1 Å². The van der Waals surface area contributed by atoms with Gasteiger partial charge in [-0.1, -0.05) is 64.3 Å². The SMILES string of the molecule is C=C/C(=C\C(=C/C)c1ccc(N)c(C(=C)C(=C)Nc2cncc(-c3ccc(C)s3)c2C)c1)CN1CCCCC1.CC. The number of nitrogens with two attached hydrogens (primary N) is 1. The zero-order valence-corrected chi connectivity index (χ0v) is 26.3. The number of likely N-dealkylation sites (tertiary alicyclic amines) is 1. The summed E-state index contributed by atoms with van der Waals surface area (Å²) in [5, 5.41) is 3.45. The first-order valence-corrected chi connectivity index (χ1v) is 15.4. The number of rotatable bonds is 10. The maximum atomic E-state index is 6.45. The van der Waals surface area contributed by atoms with Gasteiger partial charge in [0, 0.05) is 45.0 Å². The van der Waals surface area contributed by atoms with Gasteiger partial charge in [0.05, 0.1) is 11.9 Å². The topological polar surface area (TPSA) is 54.2 Å². The van der Waals surface area contributed by atoms with Crippen LogP contribution in [0.1, 0.15) is 61.6 Å². The fourth-order valence-electron chi connectivity index (χ4n) is 4.95. The molecule has 1 aliphatic rings. The zero-order chi connectivity index (χ0) is 29.9. The summed E-state index contributed by atoms with van der Waals surface area (Å²) in [6.45, 7) is 26.3. The van der Waals surface area contributed by atoms with Crippen molar-refractivity contribution >= 4 is 33.9 Å². The van der Waals surface area contributed by atoms with Gasteiger partial charge in [0.2, 0.25) is 0 Å². The third-order valence-electron chi connectivity index (χ3n) is 7.35. The maximum absolute atomic E-state index is 6.45. The molecule has 0 spiro atoms. The number of nitrogen functional groups attached to an aromatic ring is 1. The van der Waals surface area contributed by atoms with Crippen LogP contribution in [-0.2, 0) is 0 Å². The summed E-state index contributed by atoms with van der Waals surface area (Å²) in [6.07, 6.45) is 14.0. The Bertz CT molecular complexity index is 1430. The summed E-state index contributed by atoms with van der Waals surface area (Å²) >= 11 is 1.77. The molecule has 1 saturated heterocycles. The van der Waals surface area contributed by atoms with Crippen molar-refractivity contribution in [2.24, 2.45) is 0 Å². The second-order valence-corrected chi connectivity index (χ2v) is 11.4. The first kappa shape index (κ1) is 31.9. The van der Waals surface area contributed by atoms with Gasteiger partial charge in [-0.2, -0.15) is 0 Å². The minimum atomic E-state index is 0.668. The standard InChI is InChI=1S/C34H40N4S.C2H6/c1-7-27(22-38-16-10-9-11-17-38)18-28(8-2)29-13-14-32(35)30(19-29)24(4)26(6)37-33-21-36-20-31(25(33)5)34-15-12-23(3)39-34;1-2/h7-8,12-15,18-21,37H,1,4,6,9-11,16-17,22,35H2,2-3,5H3;1-2H3/b27-18+,28-8+;. The Morgan fingerprint density at radius 2 is 1.80 bits per heavy atom. The second-order valence-electron chi connectivity index (χ2n) is 10.2. The number of nitrogens with one attached hydrogen (secondary N) is 1. The Labute approximate surface area is 251 Å². The van der Waals surface area contributed by atoms with E-state index in [1.54, 1.807) is 11.3 Å². The van der Waals surface area contributed by atoms with Gasteiger partial charge < -0.3 is 11.1 Å². The molecular formula is C36H46N4S. The first-order chi connectivity index (χ1) is 19.8. The van der Waals surface area contributed by atoms with E-state index in [1.807, 2.05) is 38.4 Å². The molecule has 0 amide bonds. The second kappa shape index (κ2) is 15.4. The van der Waals surface area contributed by atoms with E-state index in [0.717, 1.165) is 58.7 Å². The number of hydrogen-bond donors (Lipinski definition) is 2. The summed E-state index contributed by atoms with van der Waals surface area (Å²) in [4.78, 5) is 9.48. The van der Waals surface area contributed by atoms with Crippen LogP contribution in [0.5, 0.6) is 0 Å². The molecule has 0 atom stereocenters. The number of benzene rings is 1. The Balaban J connectivity index is 0.00000226. The van der Waals surface area contributed by atoms with Gasteiger partial charge in [0.25, 0.3) is 0 Å². The molecule has 3 N–H and O–H groups in total. The highest BCUT2D eigenvalue weighted by Gasteiger charge is 2.15. The molecule has 3 aromatic rings. The molecule has 4 rings (SSSR count). The largest absolute Gasteiger partial charge is 0.398 e. The molecule has 4 nitrogen and oxygen atoms in total. The summed E-state index contributed by atoms with van der Waals surface area (Å²) in [5.41, 5.74) is 16.0. The van der Waals surface area contributed by atoms with Gasteiger partial charge in [-0.15, -0.1) is 11.3 Å². The van der Waals surface area contributed by atoms with E-state index >= 15 is 0 Å². The van der Waals surface area contributed by atoms with Crippen molar-refractivity contribution in [1.29, 1.82) is 0 Å². The minimum absolute atomic E-state index is 0.668. The summed E-state index contributed by atoms with van der Waals surface area (Å²) in [7, 11) is 0. The molecule has 3 heterocycles. The lowest BCUT2D eigenvalue weighted by Gasteiger charge is -2.26. The average molecular weight is 567 g/mol. The number of allylic oxidation sites excluding steroid dienone is 4. The Kier molecular flexibility index (Phi) is 11.9. The van der Waals surface area contributed by atoms with Crippen LogP contribution in [-0.4, -0.2) is 29.5 Å². The third kappa shape index (κ3) is 8.18. The number of aryl methyl sites for hydroxylation is 1. The lowest BCUT2D eigenvalue weighted by Crippen LogP contribution is -2.31. The number of pyridine rings is 1. The van der Waals surface area contributed by atoms with Gasteiger partial charge in [0.1, 0.15) is 0 Å². The smallest absolute Gasteiger partial charge is 0.0606 e. The van der Waals surface area contributed by atoms with Gasteiger partial charge in [-0.25, -0.2) is 0 Å². The van der Waals surface area contributed by atoms with Crippen LogP contribution in [0.15, 0.2) is 92.0 Å². The van der Waals surface area contributed by atoms with Crippen molar-refractivity contribution in [1.82, 2.24) is 9.88 Å². The summed E-state index contributed by atoms with van der Waals surface area (Å²) in [5.74, 6) is 0. The molecular weight excluding hydrogens is 520 g/mol. The van der Waals surface area contributed by atoms with Gasteiger partial charge in [0.15, 0.2) is 0 Å². The van der Waals surface area contributed by atoms with E-state index in [0.29, 0.717) is 11.4 Å². The van der Waals surface area contributed by atoms with Crippen molar-refractivity contribution < 1.29 is 0 Å². The van der Waals surface area contributed by atoms with Crippen molar-refractivity contribution in [2.75, 3.05) is 30.7 Å². The molecule has 0 aliphatic carbocycles. The molecule has 0 unspecified atom stereocenters. The lowest BCUT2D eigenvalue weighted by atomic mass is 9.95. The van der Waals surface area contributed by atoms with Crippen molar-refractivity contribution in [2.45, 2.75) is 53.9 Å². The predicted molar refractivity (Wildman–Crippen MR) is 183 cm³/mol. The molecule has 0 bridgehead atoms. The van der Waals surface area contributed by atoms with E-state index in [4.69, 9.17) is 5.73 Å². The Morgan fingerprint density at radius 1 is 1.07 bits per heavy atom. The number of anilines is 2. The highest BCUT2D eigenvalue weighted by Crippen LogP contribution is 2.35. The molecule has 216 valence electrons. The number of hydrogen-bond acceptors (Lipinski definition) is 5. The Morgan fingerprint density at radius 3 is 2.44 bits per heavy atom. The van der Waals surface area contributed by atoms with Crippen LogP contribution >= 0.6 is 11.3 Å². The van der Waals surface area contributed by atoms with E-state index in [9.17, 15) is 0 Å². The van der Waals surface area contributed by atoms with Crippen molar-refractivity contribution in [3.63, 3.8) is 0 Å². The van der Waals surface area contributed by atoms with Gasteiger partial charge in [-0.05, 0) is 98.8 Å². The molecule has 0 saturated carbocycles. The number of aromatic nitrogens is 1. The summed E-state index contributed by atoms with van der Waals surface area (Å²) < 4.78 is 0. The molecule has 1 aliphatic heterocycles. The Hall–Kier alpha value is -3.67. The molecule has 41 heavy (non-hydrogen) atoms. The van der Waals surface area contributed by atoms with Crippen LogP contribution in [0.3, 0.4) is 0 Å². The fourth-order valence-corrected chi connectivity index (χ4v) is 5.89. The highest BCUT2D eigenvalue weighted by atomic mass is 32.1. The van der Waals surface area contributed by atoms with E-state index in [1.165, 1.54) is 34.6 Å². The monoisotopic (exact) mass is 566 g/mol. The molecule has 5 heteroatoms. The summed E-state index contributed by atoms with van der Waals surface area (Å²) in [6, 6.07) is 10.4. The minimum Gasteiger partial charge on any atom is -0.398 e. The van der Waals surface area contributed by atoms with E-state index < -0.39 is 0 Å². The predicted octanol–water partition coefficient (Wildman–Crippen LogP) is 9.68. The molecule has 2 aromatic heterocycles.